The summed E-state index contributed by atoms with van der Waals surface area (Å²) in [5.41, 5.74) is 2.86. The summed E-state index contributed by atoms with van der Waals surface area (Å²) in [6, 6.07) is 13.9. The molecule has 118 valence electrons. The minimum atomic E-state index is -0.412. The van der Waals surface area contributed by atoms with Gasteiger partial charge in [-0.1, -0.05) is 17.7 Å². The number of Topliss-reactive ketones (excluding diaryl/α,β-unsaturated/α-hetero) is 1. The van der Waals surface area contributed by atoms with Gasteiger partial charge in [-0.25, -0.2) is 0 Å². The number of carbonyl (C=O) groups excluding carboxylic acids is 3. The molecule has 5 nitrogen and oxygen atoms in total. The first-order chi connectivity index (χ1) is 10.9. The van der Waals surface area contributed by atoms with E-state index in [0.717, 1.165) is 5.56 Å². The molecule has 0 spiro atoms. The van der Waals surface area contributed by atoms with Gasteiger partial charge in [-0.15, -0.1) is 0 Å². The highest BCUT2D eigenvalue weighted by Gasteiger charge is 2.10. The van der Waals surface area contributed by atoms with Crippen LogP contribution in [0.5, 0.6) is 0 Å². The molecule has 0 aliphatic carbocycles. The summed E-state index contributed by atoms with van der Waals surface area (Å²) in [5.74, 6) is -0.836. The molecular formula is C18H18N2O3. The topological polar surface area (TPSA) is 75.3 Å². The largest absolute Gasteiger partial charge is 0.326 e. The normalized spacial score (nSPS) is 10.0. The maximum absolute atomic E-state index is 11.8. The van der Waals surface area contributed by atoms with E-state index in [0.29, 0.717) is 16.9 Å². The zero-order valence-electron chi connectivity index (χ0n) is 13.1. The fourth-order valence-electron chi connectivity index (χ4n) is 1.98. The maximum Gasteiger partial charge on any atom is 0.233 e. The summed E-state index contributed by atoms with van der Waals surface area (Å²) in [7, 11) is 0. The summed E-state index contributed by atoms with van der Waals surface area (Å²) in [5, 5.41) is 5.29. The van der Waals surface area contributed by atoms with Crippen LogP contribution in [0.25, 0.3) is 0 Å². The monoisotopic (exact) mass is 310 g/mol. The number of benzene rings is 2. The van der Waals surface area contributed by atoms with E-state index < -0.39 is 5.91 Å². The predicted octanol–water partition coefficient (Wildman–Crippen LogP) is 3.16. The maximum atomic E-state index is 11.8. The van der Waals surface area contributed by atoms with E-state index >= 15 is 0 Å². The average molecular weight is 310 g/mol. The number of rotatable bonds is 5. The number of carbonyl (C=O) groups is 3. The van der Waals surface area contributed by atoms with E-state index in [1.54, 1.807) is 36.4 Å². The van der Waals surface area contributed by atoms with E-state index in [9.17, 15) is 14.4 Å². The van der Waals surface area contributed by atoms with Crippen molar-refractivity contribution in [2.75, 3.05) is 10.6 Å². The third-order valence-electron chi connectivity index (χ3n) is 3.23. The summed E-state index contributed by atoms with van der Waals surface area (Å²) in [6.45, 7) is 3.43. The van der Waals surface area contributed by atoms with Crippen molar-refractivity contribution in [2.24, 2.45) is 0 Å². The number of anilines is 2. The van der Waals surface area contributed by atoms with Gasteiger partial charge >= 0.3 is 0 Å². The van der Waals surface area contributed by atoms with Gasteiger partial charge in [0.25, 0.3) is 0 Å². The van der Waals surface area contributed by atoms with E-state index in [1.807, 2.05) is 19.1 Å². The van der Waals surface area contributed by atoms with Crippen LogP contribution in [0.1, 0.15) is 29.3 Å². The second-order valence-corrected chi connectivity index (χ2v) is 5.27. The second-order valence-electron chi connectivity index (χ2n) is 5.27. The number of ketones is 1. The van der Waals surface area contributed by atoms with Crippen LogP contribution < -0.4 is 10.6 Å². The number of hydrogen-bond acceptors (Lipinski definition) is 3. The summed E-state index contributed by atoms with van der Waals surface area (Å²) >= 11 is 0. The first-order valence-electron chi connectivity index (χ1n) is 7.21. The first kappa shape index (κ1) is 16.4. The Balaban J connectivity index is 1.87. The smallest absolute Gasteiger partial charge is 0.233 e. The van der Waals surface area contributed by atoms with Crippen LogP contribution in [-0.2, 0) is 9.59 Å². The number of aryl methyl sites for hydroxylation is 1. The molecule has 0 aromatic heterocycles. The molecule has 0 saturated carbocycles. The van der Waals surface area contributed by atoms with Crippen LogP contribution in [0.2, 0.25) is 0 Å². The highest BCUT2D eigenvalue weighted by molar-refractivity contribution is 6.08. The molecule has 0 radical (unpaired) electrons. The molecular weight excluding hydrogens is 292 g/mol. The minimum Gasteiger partial charge on any atom is -0.326 e. The number of amides is 2. The van der Waals surface area contributed by atoms with Crippen molar-refractivity contribution >= 4 is 29.0 Å². The van der Waals surface area contributed by atoms with E-state index in [1.165, 1.54) is 6.92 Å². The molecule has 2 aromatic rings. The average Bonchev–Trinajstić information content (AvgIpc) is 2.50. The highest BCUT2D eigenvalue weighted by atomic mass is 16.2. The Morgan fingerprint density at radius 2 is 1.22 bits per heavy atom. The summed E-state index contributed by atoms with van der Waals surface area (Å²) in [6.07, 6.45) is -0.275. The Hall–Kier alpha value is -2.95. The standard InChI is InChI=1S/C18H18N2O3/c1-12-3-7-15(8-4-12)19-17(22)11-18(23)20-16-9-5-14(6-10-16)13(2)21/h3-10H,11H2,1-2H3,(H,19,22)(H,20,23). The van der Waals surface area contributed by atoms with Gasteiger partial charge in [0, 0.05) is 16.9 Å². The third kappa shape index (κ3) is 5.07. The first-order valence-corrected chi connectivity index (χ1v) is 7.21. The summed E-state index contributed by atoms with van der Waals surface area (Å²) in [4.78, 5) is 34.9. The molecule has 2 amide bonds. The van der Waals surface area contributed by atoms with Crippen molar-refractivity contribution in [2.45, 2.75) is 20.3 Å². The van der Waals surface area contributed by atoms with Gasteiger partial charge in [-0.05, 0) is 50.2 Å². The molecule has 0 aliphatic heterocycles. The van der Waals surface area contributed by atoms with Crippen LogP contribution in [-0.4, -0.2) is 17.6 Å². The molecule has 2 aromatic carbocycles. The van der Waals surface area contributed by atoms with Gasteiger partial charge < -0.3 is 10.6 Å². The van der Waals surface area contributed by atoms with E-state index in [-0.39, 0.29) is 18.1 Å². The van der Waals surface area contributed by atoms with Crippen molar-refractivity contribution in [3.8, 4) is 0 Å². The molecule has 0 aliphatic rings. The van der Waals surface area contributed by atoms with Crippen LogP contribution in [0.4, 0.5) is 11.4 Å². The Labute approximate surface area is 134 Å². The fraction of sp³-hybridized carbons (Fsp3) is 0.167. The van der Waals surface area contributed by atoms with Gasteiger partial charge in [0.2, 0.25) is 11.8 Å². The van der Waals surface area contributed by atoms with Gasteiger partial charge in [-0.2, -0.15) is 0 Å². The lowest BCUT2D eigenvalue weighted by Gasteiger charge is -2.07. The van der Waals surface area contributed by atoms with Gasteiger partial charge in [0.1, 0.15) is 6.42 Å². The molecule has 0 unspecified atom stereocenters. The molecule has 0 heterocycles. The van der Waals surface area contributed by atoms with Crippen LogP contribution in [0.3, 0.4) is 0 Å². The molecule has 5 heteroatoms. The Kier molecular flexibility index (Phi) is 5.25. The van der Waals surface area contributed by atoms with Gasteiger partial charge in [0.05, 0.1) is 0 Å². The SMILES string of the molecule is CC(=O)c1ccc(NC(=O)CC(=O)Nc2ccc(C)cc2)cc1. The zero-order chi connectivity index (χ0) is 16.8. The Morgan fingerprint density at radius 3 is 1.65 bits per heavy atom. The van der Waals surface area contributed by atoms with Crippen molar-refractivity contribution in [3.63, 3.8) is 0 Å². The lowest BCUT2D eigenvalue weighted by Crippen LogP contribution is -2.21. The molecule has 0 fully saturated rings. The Bertz CT molecular complexity index is 719. The minimum absolute atomic E-state index is 0.0413. The molecule has 0 bridgehead atoms. The molecule has 2 rings (SSSR count). The van der Waals surface area contributed by atoms with Crippen molar-refractivity contribution in [1.29, 1.82) is 0 Å². The number of nitrogens with one attached hydrogen (secondary N) is 2. The number of hydrogen-bond donors (Lipinski definition) is 2. The van der Waals surface area contributed by atoms with Crippen molar-refractivity contribution in [3.05, 3.63) is 59.7 Å². The van der Waals surface area contributed by atoms with Crippen LogP contribution in [0.15, 0.2) is 48.5 Å². The van der Waals surface area contributed by atoms with E-state index in [4.69, 9.17) is 0 Å². The zero-order valence-corrected chi connectivity index (χ0v) is 13.1. The van der Waals surface area contributed by atoms with Crippen molar-refractivity contribution in [1.82, 2.24) is 0 Å². The van der Waals surface area contributed by atoms with Gasteiger partial charge in [-0.3, -0.25) is 14.4 Å². The van der Waals surface area contributed by atoms with Crippen LogP contribution >= 0.6 is 0 Å². The second kappa shape index (κ2) is 7.35. The third-order valence-corrected chi connectivity index (χ3v) is 3.23. The molecule has 2 N–H and O–H groups in total. The quantitative estimate of drug-likeness (QED) is 0.658. The summed E-state index contributed by atoms with van der Waals surface area (Å²) < 4.78 is 0. The van der Waals surface area contributed by atoms with E-state index in [2.05, 4.69) is 10.6 Å². The lowest BCUT2D eigenvalue weighted by atomic mass is 10.1. The van der Waals surface area contributed by atoms with Gasteiger partial charge in [0.15, 0.2) is 5.78 Å². The Morgan fingerprint density at radius 1 is 0.783 bits per heavy atom. The lowest BCUT2D eigenvalue weighted by molar-refractivity contribution is -0.123. The predicted molar refractivity (Wildman–Crippen MR) is 89.5 cm³/mol. The molecule has 0 saturated heterocycles. The fourth-order valence-corrected chi connectivity index (χ4v) is 1.98. The van der Waals surface area contributed by atoms with Crippen molar-refractivity contribution < 1.29 is 14.4 Å². The highest BCUT2D eigenvalue weighted by Crippen LogP contribution is 2.11. The molecule has 0 atom stereocenters. The molecule has 23 heavy (non-hydrogen) atoms. The van der Waals surface area contributed by atoms with Crippen LogP contribution in [0, 0.1) is 6.92 Å².